The van der Waals surface area contributed by atoms with Crippen molar-refractivity contribution in [1.29, 1.82) is 5.41 Å². The summed E-state index contributed by atoms with van der Waals surface area (Å²) < 4.78 is 27.0. The fourth-order valence-electron chi connectivity index (χ4n) is 2.10. The molecule has 25 heavy (non-hydrogen) atoms. The lowest BCUT2D eigenvalue weighted by Gasteiger charge is -2.01. The Morgan fingerprint density at radius 1 is 1.32 bits per heavy atom. The fraction of sp³-hybridized carbons (Fsp3) is 0.0667. The second-order valence-corrected chi connectivity index (χ2v) is 9.41. The summed E-state index contributed by atoms with van der Waals surface area (Å²) >= 11 is 8.17. The van der Waals surface area contributed by atoms with Crippen LogP contribution in [0.3, 0.4) is 0 Å². The van der Waals surface area contributed by atoms with Crippen LogP contribution in [0.1, 0.15) is 4.88 Å². The molecule has 2 aromatic heterocycles. The van der Waals surface area contributed by atoms with Gasteiger partial charge in [0.2, 0.25) is 0 Å². The molecule has 130 valence electrons. The summed E-state index contributed by atoms with van der Waals surface area (Å²) in [6.45, 7) is 0. The Morgan fingerprint density at radius 3 is 2.60 bits per heavy atom. The van der Waals surface area contributed by atoms with Crippen LogP contribution in [0.5, 0.6) is 0 Å². The highest BCUT2D eigenvalue weighted by Gasteiger charge is 2.24. The van der Waals surface area contributed by atoms with E-state index in [1.54, 1.807) is 18.2 Å². The molecule has 4 N–H and O–H groups in total. The Kier molecular flexibility index (Phi) is 4.94. The van der Waals surface area contributed by atoms with Gasteiger partial charge in [-0.1, -0.05) is 23.7 Å². The molecule has 1 aromatic carbocycles. The Morgan fingerprint density at radius 2 is 2.00 bits per heavy atom. The van der Waals surface area contributed by atoms with Crippen molar-refractivity contribution < 1.29 is 8.42 Å². The molecular weight excluding hydrogens is 400 g/mol. The number of nitrogens with zero attached hydrogens (tertiary/aromatic N) is 1. The topological polar surface area (TPSA) is 109 Å². The third kappa shape index (κ3) is 3.60. The molecule has 10 heteroatoms. The van der Waals surface area contributed by atoms with Crippen LogP contribution in [-0.4, -0.2) is 26.3 Å². The number of aromatic nitrogens is 1. The van der Waals surface area contributed by atoms with Gasteiger partial charge >= 0.3 is 0 Å². The van der Waals surface area contributed by atoms with E-state index in [2.05, 4.69) is 9.71 Å². The van der Waals surface area contributed by atoms with Crippen LogP contribution in [0.4, 0.5) is 0 Å². The van der Waals surface area contributed by atoms with E-state index in [0.29, 0.717) is 20.5 Å². The molecule has 0 amide bonds. The molecule has 3 rings (SSSR count). The number of hydrogen-bond donors (Lipinski definition) is 3. The van der Waals surface area contributed by atoms with Gasteiger partial charge in [-0.05, 0) is 25.2 Å². The fourth-order valence-corrected chi connectivity index (χ4v) is 5.55. The zero-order valence-corrected chi connectivity index (χ0v) is 16.1. The van der Waals surface area contributed by atoms with Crippen molar-refractivity contribution in [1.82, 2.24) is 9.71 Å². The van der Waals surface area contributed by atoms with Crippen molar-refractivity contribution >= 4 is 50.1 Å². The van der Waals surface area contributed by atoms with Gasteiger partial charge in [-0.15, -0.1) is 22.7 Å². The summed E-state index contributed by atoms with van der Waals surface area (Å²) in [5.74, 6) is -0.182. The first-order valence-electron chi connectivity index (χ1n) is 6.95. The highest BCUT2D eigenvalue weighted by molar-refractivity contribution is 7.91. The van der Waals surface area contributed by atoms with Gasteiger partial charge in [-0.2, -0.15) is 0 Å². The highest BCUT2D eigenvalue weighted by Crippen LogP contribution is 2.38. The summed E-state index contributed by atoms with van der Waals surface area (Å²) in [6.07, 6.45) is 0. The molecule has 2 heterocycles. The number of benzene rings is 1. The Bertz CT molecular complexity index is 1040. The van der Waals surface area contributed by atoms with Gasteiger partial charge in [0.25, 0.3) is 10.0 Å². The molecular formula is C15H13ClN4O2S3. The lowest BCUT2D eigenvalue weighted by molar-refractivity contribution is 0.590. The molecule has 0 spiro atoms. The van der Waals surface area contributed by atoms with Crippen LogP contribution >= 0.6 is 34.3 Å². The minimum atomic E-state index is -3.69. The van der Waals surface area contributed by atoms with Crippen molar-refractivity contribution in [2.45, 2.75) is 4.21 Å². The number of thiophene rings is 1. The monoisotopic (exact) mass is 412 g/mol. The predicted octanol–water partition coefficient (Wildman–Crippen LogP) is 3.38. The average Bonchev–Trinajstić information content (AvgIpc) is 3.22. The lowest BCUT2D eigenvalue weighted by atomic mass is 10.2. The Hall–Kier alpha value is -1.78. The first-order valence-corrected chi connectivity index (χ1v) is 10.5. The van der Waals surface area contributed by atoms with Crippen LogP contribution in [0.25, 0.3) is 21.8 Å². The number of nitrogen functional groups attached to an aromatic ring is 1. The normalized spacial score (nSPS) is 11.6. The number of sulfonamides is 1. The van der Waals surface area contributed by atoms with Crippen molar-refractivity contribution in [3.05, 3.63) is 45.6 Å². The second kappa shape index (κ2) is 6.85. The number of amidine groups is 1. The molecule has 0 aliphatic carbocycles. The van der Waals surface area contributed by atoms with E-state index >= 15 is 0 Å². The molecule has 0 aliphatic rings. The molecule has 0 atom stereocenters. The highest BCUT2D eigenvalue weighted by atomic mass is 35.5. The smallest absolute Gasteiger partial charge is 0.250 e. The van der Waals surface area contributed by atoms with E-state index in [1.807, 2.05) is 17.5 Å². The second-order valence-electron chi connectivity index (χ2n) is 4.98. The van der Waals surface area contributed by atoms with Crippen LogP contribution in [0.15, 0.2) is 39.9 Å². The van der Waals surface area contributed by atoms with Crippen LogP contribution < -0.4 is 10.5 Å². The quantitative estimate of drug-likeness (QED) is 0.440. The molecule has 0 saturated carbocycles. The zero-order valence-electron chi connectivity index (χ0n) is 12.9. The first kappa shape index (κ1) is 18.0. The van der Waals surface area contributed by atoms with E-state index in [1.165, 1.54) is 18.4 Å². The van der Waals surface area contributed by atoms with E-state index in [0.717, 1.165) is 22.6 Å². The van der Waals surface area contributed by atoms with Gasteiger partial charge in [0.05, 0.1) is 10.6 Å². The van der Waals surface area contributed by atoms with E-state index < -0.39 is 10.0 Å². The van der Waals surface area contributed by atoms with Crippen molar-refractivity contribution in [2.75, 3.05) is 7.05 Å². The minimum Gasteiger partial charge on any atom is -0.383 e. The number of hydrogen-bond acceptors (Lipinski definition) is 6. The molecule has 0 bridgehead atoms. The van der Waals surface area contributed by atoms with Gasteiger partial charge in [0.1, 0.15) is 15.1 Å². The maximum atomic E-state index is 12.3. The van der Waals surface area contributed by atoms with Gasteiger partial charge in [0, 0.05) is 21.5 Å². The largest absolute Gasteiger partial charge is 0.383 e. The molecule has 6 nitrogen and oxygen atoms in total. The summed E-state index contributed by atoms with van der Waals surface area (Å²) in [5.41, 5.74) is 7.56. The predicted molar refractivity (Wildman–Crippen MR) is 103 cm³/mol. The number of halogens is 1. The molecule has 0 fully saturated rings. The van der Waals surface area contributed by atoms with Gasteiger partial charge in [-0.3, -0.25) is 5.41 Å². The molecule has 0 aliphatic heterocycles. The van der Waals surface area contributed by atoms with E-state index in [-0.39, 0.29) is 10.0 Å². The lowest BCUT2D eigenvalue weighted by Crippen LogP contribution is -2.18. The van der Waals surface area contributed by atoms with Crippen molar-refractivity contribution in [3.8, 4) is 21.8 Å². The van der Waals surface area contributed by atoms with Crippen LogP contribution in [-0.2, 0) is 10.0 Å². The summed E-state index contributed by atoms with van der Waals surface area (Å²) in [6, 6.07) is 8.82. The van der Waals surface area contributed by atoms with E-state index in [4.69, 9.17) is 22.7 Å². The standard InChI is InChI=1S/C15H13ClN4O2S3/c1-19-25(21,22)15-10(6-12(24-15)13(17)18)14-20-11(7-23-14)8-2-4-9(16)5-3-8/h2-7,19H,1H3,(H3,17,18). The third-order valence-corrected chi connectivity index (χ3v) is 7.60. The Balaban J connectivity index is 2.11. The van der Waals surface area contributed by atoms with Crippen LogP contribution in [0, 0.1) is 5.41 Å². The molecule has 3 aromatic rings. The number of thiazole rings is 1. The van der Waals surface area contributed by atoms with Crippen molar-refractivity contribution in [3.63, 3.8) is 0 Å². The number of nitrogens with one attached hydrogen (secondary N) is 2. The summed E-state index contributed by atoms with van der Waals surface area (Å²) in [4.78, 5) is 4.92. The number of rotatable bonds is 5. The maximum absolute atomic E-state index is 12.3. The number of nitrogens with two attached hydrogens (primary N) is 1. The van der Waals surface area contributed by atoms with Gasteiger partial charge in [-0.25, -0.2) is 18.1 Å². The minimum absolute atomic E-state index is 0.0946. The third-order valence-electron chi connectivity index (χ3n) is 3.35. The molecule has 0 saturated heterocycles. The van der Waals surface area contributed by atoms with Crippen LogP contribution in [0.2, 0.25) is 5.02 Å². The van der Waals surface area contributed by atoms with E-state index in [9.17, 15) is 8.42 Å². The summed E-state index contributed by atoms with van der Waals surface area (Å²) in [7, 11) is -2.34. The zero-order chi connectivity index (χ0) is 18.2. The van der Waals surface area contributed by atoms with Crippen molar-refractivity contribution in [2.24, 2.45) is 5.73 Å². The van der Waals surface area contributed by atoms with Gasteiger partial charge < -0.3 is 5.73 Å². The molecule has 0 radical (unpaired) electrons. The van der Waals surface area contributed by atoms with Gasteiger partial charge in [0.15, 0.2) is 0 Å². The average molecular weight is 413 g/mol. The summed E-state index contributed by atoms with van der Waals surface area (Å²) in [5, 5.41) is 10.6. The first-order chi connectivity index (χ1) is 11.8. The SMILES string of the molecule is CNS(=O)(=O)c1sc(C(=N)N)cc1-c1nc(-c2ccc(Cl)cc2)cs1. The maximum Gasteiger partial charge on any atom is 0.250 e. The Labute approximate surface area is 157 Å². The molecule has 0 unspecified atom stereocenters.